The van der Waals surface area contributed by atoms with Gasteiger partial charge in [-0.1, -0.05) is 12.1 Å². The molecular formula is C12H14O5. The van der Waals surface area contributed by atoms with Crippen LogP contribution in [-0.4, -0.2) is 35.7 Å². The fraction of sp³-hybridized carbons (Fsp3) is 0.333. The Bertz CT molecular complexity index is 427. The molecular weight excluding hydrogens is 224 g/mol. The lowest BCUT2D eigenvalue weighted by molar-refractivity contribution is -0.156. The van der Waals surface area contributed by atoms with Gasteiger partial charge >= 0.3 is 5.97 Å². The molecule has 0 saturated heterocycles. The zero-order valence-corrected chi connectivity index (χ0v) is 9.58. The molecule has 1 aromatic carbocycles. The lowest BCUT2D eigenvalue weighted by Gasteiger charge is -2.18. The van der Waals surface area contributed by atoms with Gasteiger partial charge in [0.25, 0.3) is 0 Å². The summed E-state index contributed by atoms with van der Waals surface area (Å²) in [5.41, 5.74) is 1.46. The van der Waals surface area contributed by atoms with Gasteiger partial charge in [-0.05, 0) is 24.1 Å². The summed E-state index contributed by atoms with van der Waals surface area (Å²) in [5.74, 6) is -0.906. The molecule has 0 radical (unpaired) electrons. The van der Waals surface area contributed by atoms with Crippen molar-refractivity contribution >= 4 is 12.3 Å². The van der Waals surface area contributed by atoms with E-state index in [2.05, 4.69) is 4.74 Å². The molecule has 2 N–H and O–H groups in total. The topological polar surface area (TPSA) is 83.8 Å². The molecule has 5 nitrogen and oxygen atoms in total. The molecule has 5 heteroatoms. The van der Waals surface area contributed by atoms with Crippen LogP contribution in [0.5, 0.6) is 0 Å². The number of aryl methyl sites for hydroxylation is 1. The number of esters is 1. The first kappa shape index (κ1) is 13.3. The predicted molar refractivity (Wildman–Crippen MR) is 59.5 cm³/mol. The Kier molecular flexibility index (Phi) is 4.37. The lowest BCUT2D eigenvalue weighted by Crippen LogP contribution is -2.29. The third kappa shape index (κ3) is 2.89. The van der Waals surface area contributed by atoms with Gasteiger partial charge in [-0.15, -0.1) is 0 Å². The Morgan fingerprint density at radius 2 is 2.06 bits per heavy atom. The number of aldehydes is 1. The van der Waals surface area contributed by atoms with Gasteiger partial charge in [0.2, 0.25) is 0 Å². The second kappa shape index (κ2) is 5.56. The molecule has 0 spiro atoms. The van der Waals surface area contributed by atoms with E-state index in [1.807, 2.05) is 0 Å². The summed E-state index contributed by atoms with van der Waals surface area (Å²) in [7, 11) is 1.13. The first-order valence-corrected chi connectivity index (χ1v) is 5.01. The molecule has 0 bridgehead atoms. The van der Waals surface area contributed by atoms with Gasteiger partial charge in [0.05, 0.1) is 7.11 Å². The molecule has 0 aromatic heterocycles. The third-order valence-corrected chi connectivity index (χ3v) is 2.49. The summed E-state index contributed by atoms with van der Waals surface area (Å²) in [6, 6.07) is 4.56. The van der Waals surface area contributed by atoms with Crippen molar-refractivity contribution in [3.05, 3.63) is 34.9 Å². The summed E-state index contributed by atoms with van der Waals surface area (Å²) >= 11 is 0. The average molecular weight is 238 g/mol. The van der Waals surface area contributed by atoms with Crippen molar-refractivity contribution < 1.29 is 24.5 Å². The molecule has 0 heterocycles. The second-order valence-corrected chi connectivity index (χ2v) is 3.65. The number of hydrogen-bond acceptors (Lipinski definition) is 5. The van der Waals surface area contributed by atoms with Crippen LogP contribution in [0, 0.1) is 6.92 Å². The van der Waals surface area contributed by atoms with Crippen LogP contribution in [0.15, 0.2) is 18.2 Å². The maximum absolute atomic E-state index is 11.1. The van der Waals surface area contributed by atoms with Crippen molar-refractivity contribution in [2.45, 2.75) is 19.1 Å². The maximum atomic E-state index is 11.1. The van der Waals surface area contributed by atoms with E-state index in [1.54, 1.807) is 13.0 Å². The smallest absolute Gasteiger partial charge is 0.337 e. The highest BCUT2D eigenvalue weighted by Crippen LogP contribution is 2.22. The van der Waals surface area contributed by atoms with E-state index in [-0.39, 0.29) is 0 Å². The Morgan fingerprint density at radius 3 is 2.53 bits per heavy atom. The molecule has 0 aliphatic carbocycles. The summed E-state index contributed by atoms with van der Waals surface area (Å²) in [6.07, 6.45) is -2.33. The molecule has 0 aliphatic rings. The maximum Gasteiger partial charge on any atom is 0.337 e. The van der Waals surface area contributed by atoms with E-state index in [0.717, 1.165) is 7.11 Å². The standard InChI is InChI=1S/C12H14O5/c1-7-5-8(6-13)3-4-9(7)10(14)11(15)12(16)17-2/h3-6,10-11,14-15H,1-2H3. The zero-order valence-electron chi connectivity index (χ0n) is 9.58. The van der Waals surface area contributed by atoms with Gasteiger partial charge in [0, 0.05) is 5.56 Å². The minimum absolute atomic E-state index is 0.383. The minimum Gasteiger partial charge on any atom is -0.467 e. The van der Waals surface area contributed by atoms with Crippen LogP contribution in [0.4, 0.5) is 0 Å². The van der Waals surface area contributed by atoms with Gasteiger partial charge in [-0.3, -0.25) is 4.79 Å². The van der Waals surface area contributed by atoms with Gasteiger partial charge in [0.15, 0.2) is 6.10 Å². The van der Waals surface area contributed by atoms with E-state index in [9.17, 15) is 19.8 Å². The van der Waals surface area contributed by atoms with Gasteiger partial charge in [-0.25, -0.2) is 4.79 Å². The number of aliphatic hydroxyl groups excluding tert-OH is 2. The first-order chi connectivity index (χ1) is 8.01. The molecule has 92 valence electrons. The summed E-state index contributed by atoms with van der Waals surface area (Å²) in [6.45, 7) is 1.68. The number of ether oxygens (including phenoxy) is 1. The van der Waals surface area contributed by atoms with Gasteiger partial charge < -0.3 is 14.9 Å². The van der Waals surface area contributed by atoms with Crippen LogP contribution in [0.2, 0.25) is 0 Å². The Hall–Kier alpha value is -1.72. The van der Waals surface area contributed by atoms with Crippen LogP contribution in [-0.2, 0) is 9.53 Å². The molecule has 1 rings (SSSR count). The number of aliphatic hydroxyl groups is 2. The largest absolute Gasteiger partial charge is 0.467 e. The highest BCUT2D eigenvalue weighted by Gasteiger charge is 2.27. The van der Waals surface area contributed by atoms with E-state index in [1.165, 1.54) is 12.1 Å². The molecule has 2 atom stereocenters. The first-order valence-electron chi connectivity index (χ1n) is 5.01. The van der Waals surface area contributed by atoms with E-state index in [0.29, 0.717) is 23.0 Å². The predicted octanol–water partition coefficient (Wildman–Crippen LogP) is 0.375. The SMILES string of the molecule is COC(=O)C(O)C(O)c1ccc(C=O)cc1C. The summed E-state index contributed by atoms with van der Waals surface area (Å²) in [4.78, 5) is 21.6. The minimum atomic E-state index is -1.64. The number of benzene rings is 1. The van der Waals surface area contributed by atoms with E-state index in [4.69, 9.17) is 0 Å². The van der Waals surface area contributed by atoms with Crippen molar-refractivity contribution in [2.24, 2.45) is 0 Å². The quantitative estimate of drug-likeness (QED) is 0.585. The summed E-state index contributed by atoms with van der Waals surface area (Å²) < 4.78 is 4.33. The molecule has 0 fully saturated rings. The second-order valence-electron chi connectivity index (χ2n) is 3.65. The molecule has 1 aromatic rings. The lowest BCUT2D eigenvalue weighted by atomic mass is 9.98. The van der Waals surface area contributed by atoms with Crippen molar-refractivity contribution in [1.82, 2.24) is 0 Å². The number of hydrogen-bond donors (Lipinski definition) is 2. The zero-order chi connectivity index (χ0) is 13.0. The number of carbonyl (C=O) groups is 2. The highest BCUT2D eigenvalue weighted by atomic mass is 16.5. The van der Waals surface area contributed by atoms with Crippen LogP contribution >= 0.6 is 0 Å². The molecule has 0 amide bonds. The van der Waals surface area contributed by atoms with E-state index >= 15 is 0 Å². The highest BCUT2D eigenvalue weighted by molar-refractivity contribution is 5.76. The Morgan fingerprint density at radius 1 is 1.41 bits per heavy atom. The summed E-state index contributed by atoms with van der Waals surface area (Å²) in [5, 5.41) is 19.3. The third-order valence-electron chi connectivity index (χ3n) is 2.49. The van der Waals surface area contributed by atoms with Gasteiger partial charge in [-0.2, -0.15) is 0 Å². The van der Waals surface area contributed by atoms with Crippen molar-refractivity contribution in [2.75, 3.05) is 7.11 Å². The monoisotopic (exact) mass is 238 g/mol. The van der Waals surface area contributed by atoms with Crippen molar-refractivity contribution in [3.8, 4) is 0 Å². The van der Waals surface area contributed by atoms with Crippen LogP contribution in [0.25, 0.3) is 0 Å². The van der Waals surface area contributed by atoms with Crippen LogP contribution in [0.1, 0.15) is 27.6 Å². The van der Waals surface area contributed by atoms with E-state index < -0.39 is 18.2 Å². The number of methoxy groups -OCH3 is 1. The fourth-order valence-electron chi connectivity index (χ4n) is 1.52. The van der Waals surface area contributed by atoms with Gasteiger partial charge in [0.1, 0.15) is 12.4 Å². The average Bonchev–Trinajstić information content (AvgIpc) is 2.35. The van der Waals surface area contributed by atoms with Crippen molar-refractivity contribution in [3.63, 3.8) is 0 Å². The molecule has 17 heavy (non-hydrogen) atoms. The molecule has 0 saturated carbocycles. The Balaban J connectivity index is 3.00. The van der Waals surface area contributed by atoms with Crippen molar-refractivity contribution in [1.29, 1.82) is 0 Å². The van der Waals surface area contributed by atoms with Crippen LogP contribution in [0.3, 0.4) is 0 Å². The normalized spacial score (nSPS) is 13.9. The molecule has 0 aliphatic heterocycles. The van der Waals surface area contributed by atoms with Crippen LogP contribution < -0.4 is 0 Å². The number of rotatable bonds is 4. The molecule has 2 unspecified atom stereocenters. The fourth-order valence-corrected chi connectivity index (χ4v) is 1.52. The number of carbonyl (C=O) groups excluding carboxylic acids is 2. The Labute approximate surface area is 98.6 Å².